The molecular weight excluding hydrogens is 394 g/mol. The minimum absolute atomic E-state index is 0.0276. The van der Waals surface area contributed by atoms with Crippen LogP contribution >= 0.6 is 0 Å². The van der Waals surface area contributed by atoms with E-state index < -0.39 is 65.3 Å². The fourth-order valence-electron chi connectivity index (χ4n) is 4.22. The second kappa shape index (κ2) is 9.91. The first-order chi connectivity index (χ1) is 13.6. The number of hydrogen-bond acceptors (Lipinski definition) is 9. The van der Waals surface area contributed by atoms with Gasteiger partial charge < -0.3 is 35.5 Å². The highest BCUT2D eigenvalue weighted by molar-refractivity contribution is 5.89. The van der Waals surface area contributed by atoms with Gasteiger partial charge in [0.05, 0.1) is 35.5 Å². The second-order valence-electron chi connectivity index (χ2n) is 9.31. The minimum Gasteiger partial charge on any atom is -0.459 e. The Morgan fingerprint density at radius 1 is 1.07 bits per heavy atom. The van der Waals surface area contributed by atoms with E-state index >= 15 is 0 Å². The lowest BCUT2D eigenvalue weighted by molar-refractivity contribution is -0.190. The summed E-state index contributed by atoms with van der Waals surface area (Å²) < 4.78 is 5.44. The molecule has 1 heterocycles. The molecule has 0 saturated carbocycles. The normalized spacial score (nSPS) is 48.8. The number of carbonyl (C=O) groups is 1. The van der Waals surface area contributed by atoms with E-state index in [1.165, 1.54) is 27.7 Å². The van der Waals surface area contributed by atoms with Crippen molar-refractivity contribution in [3.05, 3.63) is 0 Å². The number of cyclic esters (lactones) is 1. The monoisotopic (exact) mass is 433 g/mol. The molecule has 1 aliphatic rings. The van der Waals surface area contributed by atoms with E-state index in [9.17, 15) is 35.5 Å². The number of aliphatic hydroxyl groups is 5. The molecule has 0 bridgehead atoms. The summed E-state index contributed by atoms with van der Waals surface area (Å²) in [4.78, 5) is 12.6. The minimum atomic E-state index is -1.90. The van der Waals surface area contributed by atoms with Gasteiger partial charge in [0, 0.05) is 24.2 Å². The van der Waals surface area contributed by atoms with Crippen molar-refractivity contribution in [3.8, 4) is 0 Å². The van der Waals surface area contributed by atoms with E-state index in [0.29, 0.717) is 0 Å². The van der Waals surface area contributed by atoms with Gasteiger partial charge in [0.1, 0.15) is 11.7 Å². The molecule has 6 N–H and O–H groups in total. The second-order valence-corrected chi connectivity index (χ2v) is 9.31. The lowest BCUT2D eigenvalue weighted by Crippen LogP contribution is -2.57. The van der Waals surface area contributed by atoms with Crippen LogP contribution in [-0.2, 0) is 9.53 Å². The fraction of sp³-hybridized carbons (Fsp3) is 0.905. The first-order valence-corrected chi connectivity index (χ1v) is 10.5. The van der Waals surface area contributed by atoms with Crippen LogP contribution in [0.25, 0.3) is 0 Å². The molecule has 0 spiro atoms. The van der Waals surface area contributed by atoms with Crippen molar-refractivity contribution in [2.75, 3.05) is 0 Å². The molecule has 176 valence electrons. The lowest BCUT2D eigenvalue weighted by Gasteiger charge is -2.42. The highest BCUT2D eigenvalue weighted by Crippen LogP contribution is 2.35. The molecule has 1 saturated heterocycles. The number of ether oxygens (including phenoxy) is 1. The van der Waals surface area contributed by atoms with Crippen molar-refractivity contribution < 1.29 is 40.3 Å². The van der Waals surface area contributed by atoms with E-state index in [0.717, 1.165) is 0 Å². The molecular formula is C21H39NO8. The topological polar surface area (TPSA) is 160 Å². The van der Waals surface area contributed by atoms with Crippen LogP contribution in [0.3, 0.4) is 0 Å². The summed E-state index contributed by atoms with van der Waals surface area (Å²) in [6.45, 7) is 10.6. The van der Waals surface area contributed by atoms with Gasteiger partial charge >= 0.3 is 5.97 Å². The summed E-state index contributed by atoms with van der Waals surface area (Å²) in [7, 11) is 0. The summed E-state index contributed by atoms with van der Waals surface area (Å²) >= 11 is 0. The predicted octanol–water partition coefficient (Wildman–Crippen LogP) is 0.671. The zero-order chi connectivity index (χ0) is 23.6. The molecule has 0 aliphatic carbocycles. The molecule has 30 heavy (non-hydrogen) atoms. The van der Waals surface area contributed by atoms with Gasteiger partial charge in [-0.2, -0.15) is 0 Å². The van der Waals surface area contributed by atoms with Crippen molar-refractivity contribution in [2.24, 2.45) is 28.8 Å². The van der Waals surface area contributed by atoms with Crippen molar-refractivity contribution in [1.82, 2.24) is 0 Å². The van der Waals surface area contributed by atoms with Gasteiger partial charge in [-0.05, 0) is 27.2 Å². The number of esters is 1. The van der Waals surface area contributed by atoms with Crippen LogP contribution < -0.4 is 0 Å². The third-order valence-corrected chi connectivity index (χ3v) is 6.96. The number of nitrogens with zero attached hydrogens (tertiary/aromatic N) is 1. The Kier molecular flexibility index (Phi) is 8.84. The summed E-state index contributed by atoms with van der Waals surface area (Å²) in [6.07, 6.45) is -5.02. The predicted molar refractivity (Wildman–Crippen MR) is 110 cm³/mol. The van der Waals surface area contributed by atoms with E-state index in [2.05, 4.69) is 5.16 Å². The fourth-order valence-corrected chi connectivity index (χ4v) is 4.22. The largest absolute Gasteiger partial charge is 0.459 e. The smallest absolute Gasteiger partial charge is 0.311 e. The van der Waals surface area contributed by atoms with Gasteiger partial charge in [-0.15, -0.1) is 0 Å². The van der Waals surface area contributed by atoms with Crippen LogP contribution in [-0.4, -0.2) is 78.0 Å². The van der Waals surface area contributed by atoms with E-state index in [-0.39, 0.29) is 18.6 Å². The number of carbonyl (C=O) groups excluding carboxylic acids is 1. The number of oxime groups is 1. The van der Waals surface area contributed by atoms with Crippen molar-refractivity contribution in [2.45, 2.75) is 96.9 Å². The molecule has 1 aliphatic heterocycles. The Morgan fingerprint density at radius 2 is 1.60 bits per heavy atom. The first kappa shape index (κ1) is 26.8. The quantitative estimate of drug-likeness (QED) is 0.200. The Labute approximate surface area is 178 Å². The van der Waals surface area contributed by atoms with Gasteiger partial charge in [0.25, 0.3) is 0 Å². The van der Waals surface area contributed by atoms with Crippen LogP contribution in [0.1, 0.15) is 61.3 Å². The first-order valence-electron chi connectivity index (χ1n) is 10.5. The number of rotatable bonds is 1. The summed E-state index contributed by atoms with van der Waals surface area (Å²) in [5, 5.41) is 67.0. The molecule has 10 atom stereocenters. The van der Waals surface area contributed by atoms with Crippen LogP contribution in [0, 0.1) is 23.7 Å². The van der Waals surface area contributed by atoms with E-state index in [4.69, 9.17) is 4.74 Å². The lowest BCUT2D eigenvalue weighted by atomic mass is 9.72. The Hall–Kier alpha value is -1.26. The molecule has 1 fully saturated rings. The van der Waals surface area contributed by atoms with Gasteiger partial charge in [-0.3, -0.25) is 4.79 Å². The molecule has 9 heteroatoms. The van der Waals surface area contributed by atoms with Crippen molar-refractivity contribution in [3.63, 3.8) is 0 Å². The highest BCUT2D eigenvalue weighted by atomic mass is 16.6. The van der Waals surface area contributed by atoms with Crippen LogP contribution in [0.4, 0.5) is 0 Å². The molecule has 0 unspecified atom stereocenters. The number of hydrogen-bond donors (Lipinski definition) is 6. The highest BCUT2D eigenvalue weighted by Gasteiger charge is 2.48. The van der Waals surface area contributed by atoms with Crippen LogP contribution in [0.15, 0.2) is 5.16 Å². The van der Waals surface area contributed by atoms with Gasteiger partial charge in [-0.25, -0.2) is 0 Å². The Bertz CT molecular complexity index is 620. The Balaban J connectivity index is 3.52. The summed E-state index contributed by atoms with van der Waals surface area (Å²) in [6, 6.07) is 0. The van der Waals surface area contributed by atoms with Gasteiger partial charge in [0.2, 0.25) is 0 Å². The molecule has 0 aromatic carbocycles. The van der Waals surface area contributed by atoms with E-state index in [1.54, 1.807) is 20.8 Å². The number of aliphatic hydroxyl groups excluding tert-OH is 3. The molecule has 9 nitrogen and oxygen atoms in total. The third-order valence-electron chi connectivity index (χ3n) is 6.96. The van der Waals surface area contributed by atoms with Gasteiger partial charge in [0.15, 0.2) is 0 Å². The van der Waals surface area contributed by atoms with E-state index in [1.807, 2.05) is 0 Å². The SMILES string of the molecule is CC[C@H]1OC(=O)[C@@H](C)[C@@H](O)[C@@H](C)[C@@H](O)C[C@](C)(O)[C@@H](C)/C(=N\O)[C@@H](C)[C@@H](O)[C@@]1(C)O. The molecule has 1 rings (SSSR count). The summed E-state index contributed by atoms with van der Waals surface area (Å²) in [5.74, 6) is -4.26. The zero-order valence-electron chi connectivity index (χ0n) is 19.0. The maximum Gasteiger partial charge on any atom is 0.311 e. The average Bonchev–Trinajstić information content (AvgIpc) is 2.68. The van der Waals surface area contributed by atoms with Crippen molar-refractivity contribution in [1.29, 1.82) is 0 Å². The molecule has 0 aromatic rings. The van der Waals surface area contributed by atoms with Gasteiger partial charge in [-0.1, -0.05) is 32.9 Å². The van der Waals surface area contributed by atoms with Crippen LogP contribution in [0.5, 0.6) is 0 Å². The third kappa shape index (κ3) is 5.31. The maximum absolute atomic E-state index is 12.6. The molecule has 0 aromatic heterocycles. The molecule has 0 radical (unpaired) electrons. The standard InChI is InChI=1S/C21H39NO8/c1-8-15-21(7,28)18(25)11(3)16(22-29)13(5)20(6,27)9-14(23)10(2)17(24)12(4)19(26)30-15/h10-15,17-18,23-25,27-29H,8-9H2,1-7H3/b22-16-/t10-,11+,12-,13-,14-,15+,17-,18+,20-,21-/m0/s1. The Morgan fingerprint density at radius 3 is 2.07 bits per heavy atom. The summed E-state index contributed by atoms with van der Waals surface area (Å²) in [5.41, 5.74) is -3.43. The molecule has 0 amide bonds. The van der Waals surface area contributed by atoms with Crippen molar-refractivity contribution >= 4 is 11.7 Å². The van der Waals surface area contributed by atoms with Crippen LogP contribution in [0.2, 0.25) is 0 Å². The average molecular weight is 434 g/mol. The zero-order valence-corrected chi connectivity index (χ0v) is 19.0. The maximum atomic E-state index is 12.6.